The molecule has 2 aromatic rings. The fourth-order valence-electron chi connectivity index (χ4n) is 1.91. The summed E-state index contributed by atoms with van der Waals surface area (Å²) < 4.78 is -1.51. The summed E-state index contributed by atoms with van der Waals surface area (Å²) in [5, 5.41) is 6.16. The van der Waals surface area contributed by atoms with E-state index in [2.05, 4.69) is 31.6 Å². The normalized spacial score (nSPS) is 13.4. The molecule has 0 aliphatic carbocycles. The van der Waals surface area contributed by atoms with E-state index in [4.69, 9.17) is 46.4 Å². The second kappa shape index (κ2) is 10.4. The Morgan fingerprint density at radius 2 is 1.70 bits per heavy atom. The SMILES string of the molecule is O=C(/C=C/c1ccccc1)NC(N=C([Se])Nc1ccc(Cl)cc1)C(Cl)(Cl)Cl. The van der Waals surface area contributed by atoms with Crippen LogP contribution < -0.4 is 10.6 Å². The molecule has 0 fully saturated rings. The van der Waals surface area contributed by atoms with Crippen molar-refractivity contribution in [3.05, 3.63) is 71.3 Å². The number of amides is 1. The average molecular weight is 509 g/mol. The second-order valence-electron chi connectivity index (χ2n) is 5.26. The molecule has 27 heavy (non-hydrogen) atoms. The monoisotopic (exact) mass is 508 g/mol. The van der Waals surface area contributed by atoms with E-state index in [1.807, 2.05) is 30.3 Å². The molecule has 2 aromatic carbocycles. The van der Waals surface area contributed by atoms with Gasteiger partial charge in [0.05, 0.1) is 0 Å². The number of hydrogen-bond acceptors (Lipinski definition) is 2. The summed E-state index contributed by atoms with van der Waals surface area (Å²) in [4.78, 5) is 16.4. The predicted molar refractivity (Wildman–Crippen MR) is 116 cm³/mol. The molecule has 0 aliphatic heterocycles. The molecule has 1 amide bonds. The molecule has 141 valence electrons. The zero-order chi connectivity index (χ0) is 19.9. The number of benzene rings is 2. The van der Waals surface area contributed by atoms with Crippen molar-refractivity contribution >= 4 is 84.8 Å². The van der Waals surface area contributed by atoms with Gasteiger partial charge in [0.15, 0.2) is 0 Å². The quantitative estimate of drug-likeness (QED) is 0.200. The van der Waals surface area contributed by atoms with Gasteiger partial charge in [-0.15, -0.1) is 0 Å². The molecule has 0 aliphatic rings. The fourth-order valence-corrected chi connectivity index (χ4v) is 2.82. The Kier molecular flexibility index (Phi) is 8.49. The number of halogens is 4. The summed E-state index contributed by atoms with van der Waals surface area (Å²) in [5.41, 5.74) is 1.60. The summed E-state index contributed by atoms with van der Waals surface area (Å²) in [7, 11) is 0. The molecule has 1 unspecified atom stereocenters. The number of amidine groups is 1. The van der Waals surface area contributed by atoms with Gasteiger partial charge in [-0.1, -0.05) is 0 Å². The van der Waals surface area contributed by atoms with Crippen molar-refractivity contribution in [1.82, 2.24) is 5.32 Å². The van der Waals surface area contributed by atoms with E-state index in [1.54, 1.807) is 30.3 Å². The van der Waals surface area contributed by atoms with E-state index < -0.39 is 15.9 Å². The molecule has 0 bridgehead atoms. The topological polar surface area (TPSA) is 53.5 Å². The number of carbonyl (C=O) groups is 1. The maximum absolute atomic E-state index is 12.2. The van der Waals surface area contributed by atoms with Gasteiger partial charge in [-0.2, -0.15) is 0 Å². The Labute approximate surface area is 185 Å². The van der Waals surface area contributed by atoms with Gasteiger partial charge < -0.3 is 0 Å². The first-order chi connectivity index (χ1) is 12.7. The third-order valence-electron chi connectivity index (χ3n) is 3.16. The summed E-state index contributed by atoms with van der Waals surface area (Å²) in [5.74, 6) is -0.446. The van der Waals surface area contributed by atoms with Gasteiger partial charge in [0.1, 0.15) is 0 Å². The summed E-state index contributed by atoms with van der Waals surface area (Å²) >= 11 is 26.4. The van der Waals surface area contributed by atoms with Gasteiger partial charge in [-0.3, -0.25) is 0 Å². The first-order valence-electron chi connectivity index (χ1n) is 7.62. The Bertz CT molecular complexity index is 821. The maximum atomic E-state index is 12.2. The molecule has 9 heteroatoms. The van der Waals surface area contributed by atoms with Crippen LogP contribution in [-0.4, -0.2) is 36.6 Å². The minimum absolute atomic E-state index is 0.334. The third-order valence-corrected chi connectivity index (χ3v) is 4.46. The van der Waals surface area contributed by atoms with Crippen LogP contribution in [0.4, 0.5) is 5.69 Å². The standard InChI is InChI=1S/C18H14Cl4N3OSe/c19-13-7-9-14(10-8-13)23-17(27)25-16(18(20,21)22)24-15(26)11-6-12-4-2-1-3-5-12/h1-11,16H,(H,23,25)(H,24,26)/b11-6+. The number of rotatable bonds is 5. The molecule has 2 N–H and O–H groups in total. The molecule has 0 heterocycles. The predicted octanol–water partition coefficient (Wildman–Crippen LogP) is 4.80. The molecule has 0 saturated carbocycles. The Morgan fingerprint density at radius 1 is 1.07 bits per heavy atom. The molecule has 4 nitrogen and oxygen atoms in total. The Morgan fingerprint density at radius 3 is 2.30 bits per heavy atom. The number of hydrogen-bond donors (Lipinski definition) is 2. The van der Waals surface area contributed by atoms with Crippen LogP contribution >= 0.6 is 46.4 Å². The molecular weight excluding hydrogens is 495 g/mol. The molecule has 1 atom stereocenters. The summed E-state index contributed by atoms with van der Waals surface area (Å²) in [6, 6.07) is 16.3. The van der Waals surface area contributed by atoms with Crippen LogP contribution in [0.5, 0.6) is 0 Å². The van der Waals surface area contributed by atoms with Crippen LogP contribution in [-0.2, 0) is 4.79 Å². The Balaban J connectivity index is 2.06. The average Bonchev–Trinajstić information content (AvgIpc) is 2.61. The van der Waals surface area contributed by atoms with Crippen LogP contribution in [0.25, 0.3) is 6.08 Å². The molecule has 0 aromatic heterocycles. The van der Waals surface area contributed by atoms with Crippen LogP contribution in [0.15, 0.2) is 65.7 Å². The van der Waals surface area contributed by atoms with E-state index in [0.29, 0.717) is 9.76 Å². The van der Waals surface area contributed by atoms with Crippen molar-refractivity contribution < 1.29 is 4.79 Å². The van der Waals surface area contributed by atoms with Crippen LogP contribution in [0, 0.1) is 0 Å². The number of anilines is 1. The first-order valence-corrected chi connectivity index (χ1v) is 9.98. The van der Waals surface area contributed by atoms with E-state index in [-0.39, 0.29) is 0 Å². The van der Waals surface area contributed by atoms with Gasteiger partial charge in [0, 0.05) is 0 Å². The number of alkyl halides is 3. The van der Waals surface area contributed by atoms with E-state index in [9.17, 15) is 4.79 Å². The van der Waals surface area contributed by atoms with E-state index in [0.717, 1.165) is 11.3 Å². The molecule has 2 rings (SSSR count). The minimum atomic E-state index is -1.84. The first kappa shape index (κ1) is 22.1. The fraction of sp³-hybridized carbons (Fsp3) is 0.111. The Hall–Kier alpha value is -1.20. The van der Waals surface area contributed by atoms with Crippen molar-refractivity contribution in [3.8, 4) is 0 Å². The van der Waals surface area contributed by atoms with Crippen LogP contribution in [0.1, 0.15) is 5.56 Å². The molecular formula is C18H14Cl4N3OSe. The van der Waals surface area contributed by atoms with Gasteiger partial charge >= 0.3 is 186 Å². The third kappa shape index (κ3) is 8.14. The zero-order valence-electron chi connectivity index (χ0n) is 13.7. The van der Waals surface area contributed by atoms with Gasteiger partial charge in [-0.25, -0.2) is 0 Å². The van der Waals surface area contributed by atoms with Gasteiger partial charge in [0.2, 0.25) is 0 Å². The van der Waals surface area contributed by atoms with E-state index in [1.165, 1.54) is 6.08 Å². The summed E-state index contributed by atoms with van der Waals surface area (Å²) in [6.07, 6.45) is 1.89. The molecule has 0 saturated heterocycles. The van der Waals surface area contributed by atoms with Crippen molar-refractivity contribution in [3.63, 3.8) is 0 Å². The van der Waals surface area contributed by atoms with Crippen LogP contribution in [0.3, 0.4) is 0 Å². The van der Waals surface area contributed by atoms with Crippen molar-refractivity contribution in [2.75, 3.05) is 5.32 Å². The molecule has 0 spiro atoms. The summed E-state index contributed by atoms with van der Waals surface area (Å²) in [6.45, 7) is 0. The van der Waals surface area contributed by atoms with Gasteiger partial charge in [-0.05, 0) is 0 Å². The number of nitrogens with zero attached hydrogens (tertiary/aromatic N) is 1. The van der Waals surface area contributed by atoms with Gasteiger partial charge in [0.25, 0.3) is 0 Å². The zero-order valence-corrected chi connectivity index (χ0v) is 18.4. The van der Waals surface area contributed by atoms with Crippen molar-refractivity contribution in [1.29, 1.82) is 0 Å². The molecule has 1 radical (unpaired) electrons. The second-order valence-corrected chi connectivity index (χ2v) is 8.88. The van der Waals surface area contributed by atoms with Crippen molar-refractivity contribution in [2.24, 2.45) is 4.99 Å². The van der Waals surface area contributed by atoms with E-state index >= 15 is 0 Å². The van der Waals surface area contributed by atoms with Crippen LogP contribution in [0.2, 0.25) is 5.02 Å². The number of aliphatic imine (C=N–C) groups is 1. The van der Waals surface area contributed by atoms with Crippen molar-refractivity contribution in [2.45, 2.75) is 9.96 Å². The number of nitrogens with one attached hydrogen (secondary N) is 2. The number of carbonyl (C=O) groups excluding carboxylic acids is 1.